The maximum atomic E-state index is 13.9. The van der Waals surface area contributed by atoms with Crippen molar-refractivity contribution >= 4 is 51.0 Å². The molecule has 0 aliphatic rings. The number of sulfonamides is 1. The third kappa shape index (κ3) is 6.51. The molecule has 4 aromatic carbocycles. The number of carbonyl (C=O) groups excluding carboxylic acids is 1. The Balaban J connectivity index is 1.44. The molecule has 1 aromatic heterocycles. The van der Waals surface area contributed by atoms with Crippen LogP contribution in [-0.4, -0.2) is 25.1 Å². The second kappa shape index (κ2) is 12.9. The van der Waals surface area contributed by atoms with E-state index in [1.54, 1.807) is 60.8 Å². The molecule has 0 aliphatic heterocycles. The summed E-state index contributed by atoms with van der Waals surface area (Å²) in [5.41, 5.74) is 7.20. The monoisotopic (exact) mass is 630 g/mol. The molecular formula is C33H28Cl2N4O3S. The fourth-order valence-corrected chi connectivity index (χ4v) is 6.60. The van der Waals surface area contributed by atoms with E-state index in [4.69, 9.17) is 23.2 Å². The lowest BCUT2D eigenvalue weighted by atomic mass is 10.1. The predicted molar refractivity (Wildman–Crippen MR) is 173 cm³/mol. The first-order valence-corrected chi connectivity index (χ1v) is 15.5. The van der Waals surface area contributed by atoms with Crippen molar-refractivity contribution in [3.05, 3.63) is 147 Å². The van der Waals surface area contributed by atoms with E-state index in [0.29, 0.717) is 10.0 Å². The Labute approximate surface area is 261 Å². The van der Waals surface area contributed by atoms with Gasteiger partial charge in [-0.3, -0.25) is 9.10 Å². The molecule has 0 spiro atoms. The van der Waals surface area contributed by atoms with Gasteiger partial charge in [0.15, 0.2) is 0 Å². The Morgan fingerprint density at radius 1 is 0.860 bits per heavy atom. The molecule has 0 unspecified atom stereocenters. The van der Waals surface area contributed by atoms with Crippen LogP contribution in [0.15, 0.2) is 119 Å². The summed E-state index contributed by atoms with van der Waals surface area (Å²) in [6, 6.07) is 31.3. The van der Waals surface area contributed by atoms with E-state index in [0.717, 1.165) is 28.2 Å². The third-order valence-corrected chi connectivity index (χ3v) is 9.43. The number of amides is 1. The number of aromatic nitrogens is 1. The van der Waals surface area contributed by atoms with Crippen LogP contribution in [0, 0.1) is 13.8 Å². The zero-order valence-corrected chi connectivity index (χ0v) is 25.7. The van der Waals surface area contributed by atoms with Gasteiger partial charge in [0.25, 0.3) is 15.9 Å². The summed E-state index contributed by atoms with van der Waals surface area (Å²) in [4.78, 5) is 13.6. The van der Waals surface area contributed by atoms with Crippen molar-refractivity contribution in [2.24, 2.45) is 5.10 Å². The number of carbonyl (C=O) groups is 1. The van der Waals surface area contributed by atoms with Crippen molar-refractivity contribution < 1.29 is 13.2 Å². The van der Waals surface area contributed by atoms with Gasteiger partial charge < -0.3 is 4.57 Å². The average Bonchev–Trinajstić information content (AvgIpc) is 3.30. The average molecular weight is 632 g/mol. The summed E-state index contributed by atoms with van der Waals surface area (Å²) in [7, 11) is -4.02. The highest BCUT2D eigenvalue weighted by Gasteiger charge is 2.28. The van der Waals surface area contributed by atoms with Crippen LogP contribution < -0.4 is 9.73 Å². The molecule has 5 aromatic rings. The number of para-hydroxylation sites is 1. The minimum absolute atomic E-state index is 0.0341. The second-order valence-corrected chi connectivity index (χ2v) is 12.5. The van der Waals surface area contributed by atoms with Gasteiger partial charge >= 0.3 is 0 Å². The van der Waals surface area contributed by atoms with Crippen LogP contribution in [0.5, 0.6) is 0 Å². The third-order valence-electron chi connectivity index (χ3n) is 6.92. The Bertz CT molecular complexity index is 1910. The zero-order valence-electron chi connectivity index (χ0n) is 23.4. The number of hydrogen-bond donors (Lipinski definition) is 1. The lowest BCUT2D eigenvalue weighted by molar-refractivity contribution is 0.0955. The highest BCUT2D eigenvalue weighted by molar-refractivity contribution is 7.92. The smallest absolute Gasteiger partial charge is 0.273 e. The number of anilines is 1. The lowest BCUT2D eigenvalue weighted by Gasteiger charge is -2.26. The van der Waals surface area contributed by atoms with Crippen LogP contribution in [0.3, 0.4) is 0 Å². The number of nitrogens with zero attached hydrogens (tertiary/aromatic N) is 3. The number of nitrogens with one attached hydrogen (secondary N) is 1. The van der Waals surface area contributed by atoms with Crippen molar-refractivity contribution in [1.82, 2.24) is 9.99 Å². The number of aryl methyl sites for hydroxylation is 1. The highest BCUT2D eigenvalue weighted by atomic mass is 35.5. The van der Waals surface area contributed by atoms with Gasteiger partial charge in [0.05, 0.1) is 39.0 Å². The van der Waals surface area contributed by atoms with Gasteiger partial charge in [-0.15, -0.1) is 0 Å². The molecule has 0 saturated heterocycles. The van der Waals surface area contributed by atoms with Crippen molar-refractivity contribution in [2.75, 3.05) is 4.31 Å². The van der Waals surface area contributed by atoms with Crippen molar-refractivity contribution in [1.29, 1.82) is 0 Å². The number of halogens is 2. The van der Waals surface area contributed by atoms with Gasteiger partial charge in [-0.2, -0.15) is 5.10 Å². The fourth-order valence-electron chi connectivity index (χ4n) is 4.81. The van der Waals surface area contributed by atoms with Gasteiger partial charge in [0.1, 0.15) is 0 Å². The minimum Gasteiger partial charge on any atom is -0.318 e. The van der Waals surface area contributed by atoms with E-state index in [1.807, 2.05) is 60.9 Å². The molecule has 0 bridgehead atoms. The highest BCUT2D eigenvalue weighted by Crippen LogP contribution is 2.30. The summed E-state index contributed by atoms with van der Waals surface area (Å²) in [5.74, 6) is -0.550. The van der Waals surface area contributed by atoms with Gasteiger partial charge in [0.2, 0.25) is 0 Å². The maximum Gasteiger partial charge on any atom is 0.273 e. The van der Waals surface area contributed by atoms with E-state index in [1.165, 1.54) is 16.4 Å². The first kappa shape index (κ1) is 30.1. The maximum absolute atomic E-state index is 13.9. The van der Waals surface area contributed by atoms with Crippen LogP contribution in [0.25, 0.3) is 5.69 Å². The van der Waals surface area contributed by atoms with E-state index in [9.17, 15) is 13.2 Å². The van der Waals surface area contributed by atoms with E-state index in [2.05, 4.69) is 10.5 Å². The van der Waals surface area contributed by atoms with E-state index in [-0.39, 0.29) is 22.7 Å². The van der Waals surface area contributed by atoms with Crippen molar-refractivity contribution in [2.45, 2.75) is 25.3 Å². The largest absolute Gasteiger partial charge is 0.318 e. The SMILES string of the molecule is Cc1cc(/C=N\NC(=O)c2ccccc2N(Cc2ccccc2)S(=O)(=O)c2ccccc2)c(C)n1-c1ccc(Cl)c(Cl)c1. The molecule has 0 saturated carbocycles. The molecule has 0 aliphatic carbocycles. The van der Waals surface area contributed by atoms with Crippen LogP contribution in [0.1, 0.15) is 32.9 Å². The molecule has 43 heavy (non-hydrogen) atoms. The molecule has 5 rings (SSSR count). The van der Waals surface area contributed by atoms with Gasteiger partial charge in [-0.25, -0.2) is 13.8 Å². The Kier molecular flexibility index (Phi) is 9.01. The molecular weight excluding hydrogens is 603 g/mol. The molecule has 218 valence electrons. The van der Waals surface area contributed by atoms with Crippen LogP contribution in [0.4, 0.5) is 5.69 Å². The molecule has 1 amide bonds. The minimum atomic E-state index is -4.02. The predicted octanol–water partition coefficient (Wildman–Crippen LogP) is 7.56. The summed E-state index contributed by atoms with van der Waals surface area (Å²) in [5, 5.41) is 5.13. The van der Waals surface area contributed by atoms with Gasteiger partial charge in [-0.05, 0) is 67.9 Å². The molecule has 0 fully saturated rings. The second-order valence-electron chi connectivity index (χ2n) is 9.79. The van der Waals surface area contributed by atoms with Gasteiger partial charge in [-0.1, -0.05) is 83.9 Å². The first-order chi connectivity index (χ1) is 20.7. The van der Waals surface area contributed by atoms with E-state index >= 15 is 0 Å². The standard InChI is InChI=1S/C33H28Cl2N4O3S/c1-23-19-26(24(2)39(23)27-17-18-30(34)31(35)20-27)21-36-37-33(40)29-15-9-10-16-32(29)38(22-25-11-5-3-6-12-25)43(41,42)28-13-7-4-8-14-28/h3-21H,22H2,1-2H3,(H,37,40)/b36-21-. The van der Waals surface area contributed by atoms with Crippen molar-refractivity contribution in [3.8, 4) is 5.69 Å². The zero-order chi connectivity index (χ0) is 30.6. The number of hydrazone groups is 1. The first-order valence-electron chi connectivity index (χ1n) is 13.4. The summed E-state index contributed by atoms with van der Waals surface area (Å²) < 4.78 is 31.0. The number of hydrogen-bond acceptors (Lipinski definition) is 4. The topological polar surface area (TPSA) is 83.8 Å². The Morgan fingerprint density at radius 2 is 1.51 bits per heavy atom. The van der Waals surface area contributed by atoms with E-state index < -0.39 is 15.9 Å². The number of rotatable bonds is 9. The Hall–Kier alpha value is -4.37. The summed E-state index contributed by atoms with van der Waals surface area (Å²) in [6.45, 7) is 3.92. The molecule has 7 nitrogen and oxygen atoms in total. The Morgan fingerprint density at radius 3 is 2.21 bits per heavy atom. The quantitative estimate of drug-likeness (QED) is 0.135. The summed E-state index contributed by atoms with van der Waals surface area (Å²) >= 11 is 12.3. The van der Waals surface area contributed by atoms with Gasteiger partial charge in [0, 0.05) is 22.6 Å². The van der Waals surface area contributed by atoms with Crippen LogP contribution in [-0.2, 0) is 16.6 Å². The van der Waals surface area contributed by atoms with Crippen LogP contribution >= 0.6 is 23.2 Å². The molecule has 10 heteroatoms. The number of benzene rings is 4. The fraction of sp³-hybridized carbons (Fsp3) is 0.0909. The lowest BCUT2D eigenvalue weighted by Crippen LogP contribution is -2.33. The van der Waals surface area contributed by atoms with Crippen LogP contribution in [0.2, 0.25) is 10.0 Å². The molecule has 0 atom stereocenters. The van der Waals surface area contributed by atoms with Crippen molar-refractivity contribution in [3.63, 3.8) is 0 Å². The normalized spacial score (nSPS) is 11.5. The molecule has 1 N–H and O–H groups in total. The molecule has 1 heterocycles. The summed E-state index contributed by atoms with van der Waals surface area (Å²) in [6.07, 6.45) is 1.55. The molecule has 0 radical (unpaired) electrons.